The van der Waals surface area contributed by atoms with Gasteiger partial charge in [-0.05, 0) is 12.1 Å². The number of carbonyl (C=O) groups is 3. The van der Waals surface area contributed by atoms with Crippen LogP contribution >= 0.6 is 22.9 Å². The lowest BCUT2D eigenvalue weighted by Crippen LogP contribution is -2.52. The molecule has 2 heterocycles. The molecule has 0 atom stereocenters. The molecular formula is C10H9ClN2O3S. The molecule has 0 saturated carbocycles. The number of nitrogens with zero attached hydrogens (tertiary/aromatic N) is 1. The van der Waals surface area contributed by atoms with Crippen LogP contribution in [0.4, 0.5) is 0 Å². The number of rotatable bonds is 3. The zero-order chi connectivity index (χ0) is 12.4. The first-order valence-electron chi connectivity index (χ1n) is 4.88. The van der Waals surface area contributed by atoms with Crippen LogP contribution in [0.2, 0.25) is 4.34 Å². The van der Waals surface area contributed by atoms with Crippen molar-refractivity contribution in [1.82, 2.24) is 10.2 Å². The van der Waals surface area contributed by atoms with Gasteiger partial charge >= 0.3 is 0 Å². The molecule has 1 saturated heterocycles. The van der Waals surface area contributed by atoms with Gasteiger partial charge in [0.15, 0.2) is 5.78 Å². The lowest BCUT2D eigenvalue weighted by atomic mass is 10.2. The van der Waals surface area contributed by atoms with Gasteiger partial charge in [0, 0.05) is 0 Å². The van der Waals surface area contributed by atoms with Gasteiger partial charge in [-0.3, -0.25) is 24.6 Å². The van der Waals surface area contributed by atoms with Crippen molar-refractivity contribution in [2.24, 2.45) is 0 Å². The maximum atomic E-state index is 11.8. The fourth-order valence-corrected chi connectivity index (χ4v) is 2.53. The predicted molar refractivity (Wildman–Crippen MR) is 63.2 cm³/mol. The monoisotopic (exact) mass is 272 g/mol. The Hall–Kier alpha value is -1.24. The number of Topliss-reactive ketones (excluding diaryl/α,β-unsaturated/α-hetero) is 1. The highest BCUT2D eigenvalue weighted by Gasteiger charge is 2.24. The molecule has 5 nitrogen and oxygen atoms in total. The Balaban J connectivity index is 1.99. The van der Waals surface area contributed by atoms with E-state index in [4.69, 9.17) is 11.6 Å². The summed E-state index contributed by atoms with van der Waals surface area (Å²) in [5, 5.41) is 2.18. The lowest BCUT2D eigenvalue weighted by molar-refractivity contribution is -0.135. The maximum absolute atomic E-state index is 11.8. The molecule has 0 spiro atoms. The summed E-state index contributed by atoms with van der Waals surface area (Å²) in [6, 6.07) is 3.29. The van der Waals surface area contributed by atoms with Crippen LogP contribution in [-0.2, 0) is 9.59 Å². The Labute approximate surface area is 106 Å². The number of thiophene rings is 1. The molecule has 1 aliphatic heterocycles. The topological polar surface area (TPSA) is 66.5 Å². The van der Waals surface area contributed by atoms with Gasteiger partial charge in [0.05, 0.1) is 28.8 Å². The van der Waals surface area contributed by atoms with Crippen LogP contribution < -0.4 is 5.32 Å². The summed E-state index contributed by atoms with van der Waals surface area (Å²) in [6.07, 6.45) is 0. The van der Waals surface area contributed by atoms with Gasteiger partial charge in [0.2, 0.25) is 11.8 Å². The van der Waals surface area contributed by atoms with E-state index in [9.17, 15) is 14.4 Å². The third-order valence-electron chi connectivity index (χ3n) is 2.23. The molecule has 1 fully saturated rings. The van der Waals surface area contributed by atoms with E-state index < -0.39 is 0 Å². The van der Waals surface area contributed by atoms with Crippen molar-refractivity contribution in [1.29, 1.82) is 0 Å². The SMILES string of the molecule is O=C1CN(CC(=O)c2ccc(Cl)s2)CC(=O)N1. The fraction of sp³-hybridized carbons (Fsp3) is 0.300. The van der Waals surface area contributed by atoms with Crippen LogP contribution in [0.15, 0.2) is 12.1 Å². The zero-order valence-electron chi connectivity index (χ0n) is 8.73. The minimum absolute atomic E-state index is 0.0516. The molecule has 1 aliphatic rings. The Kier molecular flexibility index (Phi) is 3.56. The standard InChI is InChI=1S/C10H9ClN2O3S/c11-8-2-1-7(17-8)6(14)3-13-4-9(15)12-10(16)5-13/h1-2H,3-5H2,(H,12,15,16). The number of hydrogen-bond donors (Lipinski definition) is 1. The quantitative estimate of drug-likeness (QED) is 0.644. The summed E-state index contributed by atoms with van der Waals surface area (Å²) >= 11 is 6.92. The van der Waals surface area contributed by atoms with Gasteiger partial charge < -0.3 is 0 Å². The van der Waals surface area contributed by atoms with E-state index in [0.717, 1.165) is 0 Å². The van der Waals surface area contributed by atoms with Crippen molar-refractivity contribution >= 4 is 40.5 Å². The van der Waals surface area contributed by atoms with E-state index in [1.807, 2.05) is 0 Å². The number of imide groups is 1. The van der Waals surface area contributed by atoms with E-state index in [1.165, 1.54) is 16.2 Å². The van der Waals surface area contributed by atoms with Crippen LogP contribution in [0.1, 0.15) is 9.67 Å². The van der Waals surface area contributed by atoms with Crippen molar-refractivity contribution in [2.75, 3.05) is 19.6 Å². The second-order valence-electron chi connectivity index (χ2n) is 3.64. The number of carbonyl (C=O) groups excluding carboxylic acids is 3. The summed E-state index contributed by atoms with van der Waals surface area (Å²) in [6.45, 7) is 0.184. The van der Waals surface area contributed by atoms with E-state index in [2.05, 4.69) is 5.32 Å². The van der Waals surface area contributed by atoms with Crippen LogP contribution in [0.25, 0.3) is 0 Å². The average Bonchev–Trinajstić information content (AvgIpc) is 2.63. The molecular weight excluding hydrogens is 264 g/mol. The molecule has 0 aromatic carbocycles. The number of hydrogen-bond acceptors (Lipinski definition) is 5. The Morgan fingerprint density at radius 1 is 1.35 bits per heavy atom. The molecule has 2 amide bonds. The molecule has 1 aromatic rings. The van der Waals surface area contributed by atoms with Gasteiger partial charge in [-0.2, -0.15) is 0 Å². The van der Waals surface area contributed by atoms with E-state index in [1.54, 1.807) is 12.1 Å². The highest BCUT2D eigenvalue weighted by molar-refractivity contribution is 7.18. The Morgan fingerprint density at radius 3 is 2.53 bits per heavy atom. The first-order chi connectivity index (χ1) is 8.04. The predicted octanol–water partition coefficient (Wildman–Crippen LogP) is 0.543. The molecule has 0 aliphatic carbocycles. The van der Waals surface area contributed by atoms with Gasteiger partial charge in [0.1, 0.15) is 0 Å². The van der Waals surface area contributed by atoms with Gasteiger partial charge in [0.25, 0.3) is 0 Å². The highest BCUT2D eigenvalue weighted by atomic mass is 35.5. The van der Waals surface area contributed by atoms with Crippen LogP contribution in [0.3, 0.4) is 0 Å². The number of halogens is 1. The van der Waals surface area contributed by atoms with Crippen LogP contribution in [0.5, 0.6) is 0 Å². The third-order valence-corrected chi connectivity index (χ3v) is 3.50. The molecule has 0 unspecified atom stereocenters. The summed E-state index contributed by atoms with van der Waals surface area (Å²) in [5.74, 6) is -0.888. The number of piperazine rings is 1. The Bertz CT molecular complexity index is 470. The molecule has 17 heavy (non-hydrogen) atoms. The van der Waals surface area contributed by atoms with E-state index in [-0.39, 0.29) is 37.2 Å². The summed E-state index contributed by atoms with van der Waals surface area (Å²) < 4.78 is 0.542. The minimum atomic E-state index is -0.377. The smallest absolute Gasteiger partial charge is 0.240 e. The maximum Gasteiger partial charge on any atom is 0.240 e. The zero-order valence-corrected chi connectivity index (χ0v) is 10.3. The van der Waals surface area contributed by atoms with Crippen molar-refractivity contribution in [3.63, 3.8) is 0 Å². The molecule has 0 radical (unpaired) electrons. The number of nitrogens with one attached hydrogen (secondary N) is 1. The van der Waals surface area contributed by atoms with Crippen molar-refractivity contribution in [2.45, 2.75) is 0 Å². The van der Waals surface area contributed by atoms with Crippen molar-refractivity contribution in [3.8, 4) is 0 Å². The first kappa shape index (κ1) is 12.2. The molecule has 1 aromatic heterocycles. The molecule has 2 rings (SSSR count). The van der Waals surface area contributed by atoms with E-state index in [0.29, 0.717) is 9.21 Å². The summed E-state index contributed by atoms with van der Waals surface area (Å²) in [5.41, 5.74) is 0. The highest BCUT2D eigenvalue weighted by Crippen LogP contribution is 2.21. The number of amides is 2. The van der Waals surface area contributed by atoms with Gasteiger partial charge in [-0.1, -0.05) is 11.6 Å². The Morgan fingerprint density at radius 2 is 2.00 bits per heavy atom. The summed E-state index contributed by atoms with van der Waals surface area (Å²) in [7, 11) is 0. The molecule has 1 N–H and O–H groups in total. The van der Waals surface area contributed by atoms with Crippen molar-refractivity contribution < 1.29 is 14.4 Å². The number of ketones is 1. The molecule has 90 valence electrons. The average molecular weight is 273 g/mol. The van der Waals surface area contributed by atoms with Crippen LogP contribution in [-0.4, -0.2) is 42.1 Å². The molecule has 7 heteroatoms. The largest absolute Gasteiger partial charge is 0.294 e. The minimum Gasteiger partial charge on any atom is -0.294 e. The fourth-order valence-electron chi connectivity index (χ4n) is 1.55. The van der Waals surface area contributed by atoms with Gasteiger partial charge in [-0.15, -0.1) is 11.3 Å². The second kappa shape index (κ2) is 4.95. The second-order valence-corrected chi connectivity index (χ2v) is 5.36. The summed E-state index contributed by atoms with van der Waals surface area (Å²) in [4.78, 5) is 36.1. The molecule has 0 bridgehead atoms. The normalized spacial score (nSPS) is 17.0. The van der Waals surface area contributed by atoms with Crippen LogP contribution in [0, 0.1) is 0 Å². The van der Waals surface area contributed by atoms with E-state index >= 15 is 0 Å². The van der Waals surface area contributed by atoms with Gasteiger partial charge in [-0.25, -0.2) is 0 Å². The van der Waals surface area contributed by atoms with Crippen molar-refractivity contribution in [3.05, 3.63) is 21.3 Å². The lowest BCUT2D eigenvalue weighted by Gasteiger charge is -2.24. The first-order valence-corrected chi connectivity index (χ1v) is 6.07. The third kappa shape index (κ3) is 3.12.